The van der Waals surface area contributed by atoms with Crippen LogP contribution in [0.25, 0.3) is 0 Å². The molecule has 0 spiro atoms. The average molecular weight is 539 g/mol. The normalized spacial score (nSPS) is 18.0. The minimum Gasteiger partial charge on any atom is -0.426 e. The third-order valence-electron chi connectivity index (χ3n) is 7.35. The molecule has 0 atom stereocenters. The van der Waals surface area contributed by atoms with Gasteiger partial charge >= 0.3 is 6.11 Å². The van der Waals surface area contributed by atoms with Crippen LogP contribution in [0.5, 0.6) is 5.75 Å². The fraction of sp³-hybridized carbons (Fsp3) is 0.400. The van der Waals surface area contributed by atoms with Crippen LogP contribution in [0.3, 0.4) is 0 Å². The topological polar surface area (TPSA) is 9.23 Å². The van der Waals surface area contributed by atoms with Gasteiger partial charge in [0, 0.05) is 0 Å². The van der Waals surface area contributed by atoms with Crippen molar-refractivity contribution >= 4 is 0 Å². The van der Waals surface area contributed by atoms with Crippen molar-refractivity contribution in [2.24, 2.45) is 5.92 Å². The number of hydrogen-bond acceptors (Lipinski definition) is 1. The molecule has 1 aliphatic carbocycles. The van der Waals surface area contributed by atoms with Gasteiger partial charge in [-0.15, -0.1) is 0 Å². The van der Waals surface area contributed by atoms with Crippen LogP contribution >= 0.6 is 0 Å². The molecule has 1 saturated carbocycles. The zero-order valence-electron chi connectivity index (χ0n) is 21.0. The van der Waals surface area contributed by atoms with Crippen LogP contribution in [-0.4, -0.2) is 0 Å². The lowest BCUT2D eigenvalue weighted by Gasteiger charge is -2.29. The van der Waals surface area contributed by atoms with E-state index in [9.17, 15) is 30.7 Å². The monoisotopic (exact) mass is 538 g/mol. The first-order valence-corrected chi connectivity index (χ1v) is 12.9. The standard InChI is InChI=1S/C30H29F7O/c1-2-3-18-4-7-20(8-5-18)21-10-13-23(14-11-21)30(36,37)38-26-15-12-22(27(33)29(26)35)9-6-19-16-24(31)28(34)25(32)17-19/h10-18,20H,2-9H2,1H3. The van der Waals surface area contributed by atoms with Gasteiger partial charge in [0.1, 0.15) is 0 Å². The second-order valence-corrected chi connectivity index (χ2v) is 9.97. The van der Waals surface area contributed by atoms with Crippen molar-refractivity contribution in [2.45, 2.75) is 70.3 Å². The molecule has 0 unspecified atom stereocenters. The Hall–Kier alpha value is -3.03. The summed E-state index contributed by atoms with van der Waals surface area (Å²) in [6.45, 7) is 2.17. The van der Waals surface area contributed by atoms with E-state index in [1.807, 2.05) is 0 Å². The molecule has 0 bridgehead atoms. The highest BCUT2D eigenvalue weighted by Gasteiger charge is 2.36. The summed E-state index contributed by atoms with van der Waals surface area (Å²) < 4.78 is 103. The van der Waals surface area contributed by atoms with Crippen LogP contribution in [-0.2, 0) is 19.0 Å². The molecule has 3 aromatic rings. The molecule has 1 fully saturated rings. The van der Waals surface area contributed by atoms with Crippen LogP contribution in [0.15, 0.2) is 48.5 Å². The van der Waals surface area contributed by atoms with Crippen molar-refractivity contribution in [1.29, 1.82) is 0 Å². The van der Waals surface area contributed by atoms with Crippen molar-refractivity contribution in [3.63, 3.8) is 0 Å². The van der Waals surface area contributed by atoms with E-state index in [1.54, 1.807) is 12.1 Å². The molecular weight excluding hydrogens is 509 g/mol. The Morgan fingerprint density at radius 3 is 2.00 bits per heavy atom. The van der Waals surface area contributed by atoms with Crippen LogP contribution in [0.2, 0.25) is 0 Å². The van der Waals surface area contributed by atoms with Crippen molar-refractivity contribution in [1.82, 2.24) is 0 Å². The minimum atomic E-state index is -3.91. The van der Waals surface area contributed by atoms with E-state index < -0.39 is 46.5 Å². The first-order chi connectivity index (χ1) is 18.1. The molecule has 0 heterocycles. The van der Waals surface area contributed by atoms with Gasteiger partial charge in [0.15, 0.2) is 29.0 Å². The van der Waals surface area contributed by atoms with Gasteiger partial charge in [0.25, 0.3) is 0 Å². The largest absolute Gasteiger partial charge is 0.426 e. The Balaban J connectivity index is 1.41. The number of alkyl halides is 2. The van der Waals surface area contributed by atoms with E-state index in [-0.39, 0.29) is 24.0 Å². The maximum atomic E-state index is 14.8. The van der Waals surface area contributed by atoms with Crippen molar-refractivity contribution < 1.29 is 35.5 Å². The smallest absolute Gasteiger partial charge is 0.426 e. The fourth-order valence-electron chi connectivity index (χ4n) is 5.21. The molecule has 8 heteroatoms. The van der Waals surface area contributed by atoms with E-state index in [0.717, 1.165) is 67.9 Å². The number of hydrogen-bond donors (Lipinski definition) is 0. The van der Waals surface area contributed by atoms with Crippen molar-refractivity contribution in [3.05, 3.63) is 99.9 Å². The van der Waals surface area contributed by atoms with Gasteiger partial charge in [-0.3, -0.25) is 0 Å². The first kappa shape index (κ1) is 28.0. The molecule has 0 aliphatic heterocycles. The van der Waals surface area contributed by atoms with Gasteiger partial charge in [-0.2, -0.15) is 13.2 Å². The molecule has 0 aromatic heterocycles. The highest BCUT2D eigenvalue weighted by molar-refractivity contribution is 5.34. The molecule has 0 radical (unpaired) electrons. The van der Waals surface area contributed by atoms with Crippen molar-refractivity contribution in [3.8, 4) is 5.75 Å². The lowest BCUT2D eigenvalue weighted by atomic mass is 9.77. The van der Waals surface area contributed by atoms with Gasteiger partial charge in [-0.1, -0.05) is 38.0 Å². The number of rotatable bonds is 9. The summed E-state index contributed by atoms with van der Waals surface area (Å²) >= 11 is 0. The lowest BCUT2D eigenvalue weighted by molar-refractivity contribution is -0.187. The Morgan fingerprint density at radius 1 is 0.763 bits per heavy atom. The number of benzene rings is 3. The van der Waals surface area contributed by atoms with E-state index in [0.29, 0.717) is 5.92 Å². The molecule has 1 aliphatic rings. The summed E-state index contributed by atoms with van der Waals surface area (Å²) in [5.41, 5.74) is 0.319. The fourth-order valence-corrected chi connectivity index (χ4v) is 5.21. The Morgan fingerprint density at radius 2 is 1.39 bits per heavy atom. The predicted molar refractivity (Wildman–Crippen MR) is 131 cm³/mol. The third-order valence-corrected chi connectivity index (χ3v) is 7.35. The van der Waals surface area contributed by atoms with Crippen molar-refractivity contribution in [2.75, 3.05) is 0 Å². The van der Waals surface area contributed by atoms with Gasteiger partial charge < -0.3 is 4.74 Å². The van der Waals surface area contributed by atoms with Crippen LogP contribution in [0.1, 0.15) is 73.6 Å². The summed E-state index contributed by atoms with van der Waals surface area (Å²) in [6.07, 6.45) is 2.40. The highest BCUT2D eigenvalue weighted by atomic mass is 19.3. The molecule has 0 amide bonds. The molecule has 1 nitrogen and oxygen atoms in total. The Kier molecular flexibility index (Phi) is 8.68. The second kappa shape index (κ2) is 11.8. The summed E-state index contributed by atoms with van der Waals surface area (Å²) in [5.74, 6) is -7.35. The number of ether oxygens (including phenoxy) is 1. The minimum absolute atomic E-state index is 0.0329. The molecule has 4 rings (SSSR count). The zero-order valence-corrected chi connectivity index (χ0v) is 21.0. The molecule has 38 heavy (non-hydrogen) atoms. The zero-order chi connectivity index (χ0) is 27.4. The maximum absolute atomic E-state index is 14.8. The Bertz CT molecular complexity index is 1230. The van der Waals surface area contributed by atoms with E-state index in [1.165, 1.54) is 18.6 Å². The highest BCUT2D eigenvalue weighted by Crippen LogP contribution is 2.39. The molecule has 0 saturated heterocycles. The molecule has 0 N–H and O–H groups in total. The van der Waals surface area contributed by atoms with Crippen LogP contribution < -0.4 is 4.74 Å². The molecule has 3 aromatic carbocycles. The first-order valence-electron chi connectivity index (χ1n) is 12.9. The lowest BCUT2D eigenvalue weighted by Crippen LogP contribution is -2.23. The Labute approximate surface area is 217 Å². The number of aryl methyl sites for hydroxylation is 2. The van der Waals surface area contributed by atoms with Gasteiger partial charge in [-0.05, 0) is 97.4 Å². The maximum Gasteiger partial charge on any atom is 0.426 e. The van der Waals surface area contributed by atoms with E-state index in [4.69, 9.17) is 0 Å². The third kappa shape index (κ3) is 6.33. The second-order valence-electron chi connectivity index (χ2n) is 9.97. The van der Waals surface area contributed by atoms with Crippen LogP contribution in [0.4, 0.5) is 30.7 Å². The predicted octanol–water partition coefficient (Wildman–Crippen LogP) is 9.37. The summed E-state index contributed by atoms with van der Waals surface area (Å²) in [5, 5.41) is 0. The molecule has 204 valence electrons. The summed E-state index contributed by atoms with van der Waals surface area (Å²) in [6, 6.07) is 9.24. The number of halogens is 7. The van der Waals surface area contributed by atoms with Gasteiger partial charge in [0.2, 0.25) is 5.82 Å². The molecular formula is C30H29F7O. The quantitative estimate of drug-likeness (QED) is 0.195. The van der Waals surface area contributed by atoms with Gasteiger partial charge in [-0.25, -0.2) is 17.6 Å². The average Bonchev–Trinajstić information content (AvgIpc) is 2.90. The van der Waals surface area contributed by atoms with E-state index >= 15 is 0 Å². The summed E-state index contributed by atoms with van der Waals surface area (Å²) in [4.78, 5) is 0. The van der Waals surface area contributed by atoms with E-state index in [2.05, 4.69) is 11.7 Å². The van der Waals surface area contributed by atoms with Crippen LogP contribution in [0, 0.1) is 35.0 Å². The summed E-state index contributed by atoms with van der Waals surface area (Å²) in [7, 11) is 0. The van der Waals surface area contributed by atoms with Gasteiger partial charge in [0.05, 0.1) is 5.56 Å². The SMILES string of the molecule is CCCC1CCC(c2ccc(C(F)(F)Oc3ccc(CCc4cc(F)c(F)c(F)c4)c(F)c3F)cc2)CC1.